The lowest BCUT2D eigenvalue weighted by molar-refractivity contribution is 0.795. The van der Waals surface area contributed by atoms with Crippen molar-refractivity contribution in [3.8, 4) is 33.0 Å². The maximum atomic E-state index is 10.8. The van der Waals surface area contributed by atoms with Crippen LogP contribution in [0.25, 0.3) is 32.0 Å². The Bertz CT molecular complexity index is 2800. The van der Waals surface area contributed by atoms with Gasteiger partial charge in [0.05, 0.1) is 11.1 Å². The third-order valence-electron chi connectivity index (χ3n) is 13.7. The Morgan fingerprint density at radius 2 is 0.611 bits per heavy atom. The van der Waals surface area contributed by atoms with Gasteiger partial charge in [0.1, 0.15) is 12.1 Å². The van der Waals surface area contributed by atoms with Crippen molar-refractivity contribution in [2.24, 2.45) is 0 Å². The zero-order chi connectivity index (χ0) is 50.4. The monoisotopic (exact) mass is 980 g/mol. The van der Waals surface area contributed by atoms with Gasteiger partial charge in [-0.1, -0.05) is 126 Å². The summed E-state index contributed by atoms with van der Waals surface area (Å²) in [6, 6.07) is 62.7. The van der Waals surface area contributed by atoms with Crippen molar-refractivity contribution in [3.63, 3.8) is 0 Å². The number of nitriles is 2. The molecule has 0 atom stereocenters. The van der Waals surface area contributed by atoms with E-state index in [1.165, 1.54) is 73.6 Å². The second-order valence-corrected chi connectivity index (χ2v) is 21.5. The van der Waals surface area contributed by atoms with E-state index >= 15 is 0 Å². The van der Waals surface area contributed by atoms with Crippen molar-refractivity contribution in [2.45, 2.75) is 119 Å². The highest BCUT2D eigenvalue weighted by molar-refractivity contribution is 7.16. The molecule has 4 nitrogen and oxygen atoms in total. The van der Waals surface area contributed by atoms with Gasteiger partial charge >= 0.3 is 0 Å². The molecule has 0 saturated carbocycles. The molecule has 0 aliphatic heterocycles. The van der Waals surface area contributed by atoms with Crippen LogP contribution in [0, 0.1) is 36.5 Å². The minimum Gasteiger partial charge on any atom is -0.311 e. The molecule has 0 bridgehead atoms. The molecule has 72 heavy (non-hydrogen) atoms. The number of thiophene rings is 2. The van der Waals surface area contributed by atoms with Crippen LogP contribution in [0.1, 0.15) is 122 Å². The molecule has 6 heteroatoms. The van der Waals surface area contributed by atoms with Crippen molar-refractivity contribution >= 4 is 67.9 Å². The Balaban J connectivity index is 1.06. The van der Waals surface area contributed by atoms with Crippen LogP contribution in [0.2, 0.25) is 0 Å². The van der Waals surface area contributed by atoms with Gasteiger partial charge in [0.2, 0.25) is 0 Å². The Kier molecular flexibility index (Phi) is 17.8. The molecule has 364 valence electrons. The van der Waals surface area contributed by atoms with Gasteiger partial charge in [-0.25, -0.2) is 0 Å². The smallest absolute Gasteiger partial charge is 0.101 e. The zero-order valence-corrected chi connectivity index (χ0v) is 44.7. The Labute approximate surface area is 438 Å². The molecule has 0 unspecified atom stereocenters. The van der Waals surface area contributed by atoms with Crippen LogP contribution in [0.4, 0.5) is 34.1 Å². The molecule has 2 heterocycles. The second kappa shape index (κ2) is 24.9. The summed E-state index contributed by atoms with van der Waals surface area (Å²) < 4.78 is 0. The lowest BCUT2D eigenvalue weighted by atomic mass is 9.96. The predicted molar refractivity (Wildman–Crippen MR) is 311 cm³/mol. The third-order valence-corrected chi connectivity index (χ3v) is 15.9. The molecular formula is C66H68N4S2. The summed E-state index contributed by atoms with van der Waals surface area (Å²) in [4.78, 5) is 8.79. The molecule has 0 spiro atoms. The molecule has 8 aromatic rings. The van der Waals surface area contributed by atoms with Gasteiger partial charge in [-0.3, -0.25) is 0 Å². The molecule has 0 radical (unpaired) electrons. The van der Waals surface area contributed by atoms with E-state index < -0.39 is 0 Å². The van der Waals surface area contributed by atoms with E-state index in [1.54, 1.807) is 22.7 Å². The summed E-state index contributed by atoms with van der Waals surface area (Å²) >= 11 is 3.32. The Morgan fingerprint density at radius 3 is 0.833 bits per heavy atom. The number of unbranched alkanes of at least 4 members (excludes halogenated alkanes) is 4. The zero-order valence-electron chi connectivity index (χ0n) is 43.1. The summed E-state index contributed by atoms with van der Waals surface area (Å²) in [5.74, 6) is 0. The number of allylic oxidation sites excluding steroid dienone is 2. The van der Waals surface area contributed by atoms with Crippen molar-refractivity contribution in [1.82, 2.24) is 0 Å². The second-order valence-electron chi connectivity index (χ2n) is 19.0. The fraction of sp³-hybridized carbons (Fsp3) is 0.273. The summed E-state index contributed by atoms with van der Waals surface area (Å²) in [5, 5.41) is 21.6. The number of hydrogen-bond donors (Lipinski definition) is 0. The molecule has 0 fully saturated rings. The number of rotatable bonds is 22. The molecule has 0 aliphatic rings. The number of nitrogens with zero attached hydrogens (tertiary/aromatic N) is 4. The first-order valence-electron chi connectivity index (χ1n) is 26.2. The maximum Gasteiger partial charge on any atom is 0.101 e. The summed E-state index contributed by atoms with van der Waals surface area (Å²) in [6.07, 6.45) is 13.8. The first-order chi connectivity index (χ1) is 35.2. The lowest BCUT2D eigenvalue weighted by Gasteiger charge is -2.26. The van der Waals surface area contributed by atoms with E-state index in [2.05, 4.69) is 221 Å². The Morgan fingerprint density at radius 1 is 0.375 bits per heavy atom. The van der Waals surface area contributed by atoms with Gasteiger partial charge in [-0.05, 0) is 184 Å². The highest BCUT2D eigenvalue weighted by Crippen LogP contribution is 2.43. The fourth-order valence-electron chi connectivity index (χ4n) is 9.46. The van der Waals surface area contributed by atoms with Crippen molar-refractivity contribution in [1.29, 1.82) is 10.5 Å². The molecule has 0 amide bonds. The summed E-state index contributed by atoms with van der Waals surface area (Å²) in [7, 11) is 0. The van der Waals surface area contributed by atoms with E-state index in [-0.39, 0.29) is 0 Å². The van der Waals surface area contributed by atoms with Gasteiger partial charge in [0.25, 0.3) is 0 Å². The topological polar surface area (TPSA) is 54.1 Å². The molecular weight excluding hydrogens is 913 g/mol. The SMILES string of the molecule is CCCCc1ccc(N(c2ccc(CCCC)cc2)c2ccc(-c3cc(/C(C#N)=C(\C#N)c4cc(-c5ccc(N(c6ccc(CCCC)cc6)c6ccc(CCCC)cc6)cc5)sc4C)c(C)s3)cc2)cc1. The van der Waals surface area contributed by atoms with Crippen molar-refractivity contribution in [3.05, 3.63) is 201 Å². The minimum absolute atomic E-state index is 0.407. The largest absolute Gasteiger partial charge is 0.311 e. The third kappa shape index (κ3) is 12.2. The van der Waals surface area contributed by atoms with Crippen LogP contribution in [0.3, 0.4) is 0 Å². The average Bonchev–Trinajstić information content (AvgIpc) is 4.01. The lowest BCUT2D eigenvalue weighted by Crippen LogP contribution is -2.10. The van der Waals surface area contributed by atoms with Crippen LogP contribution in [0.5, 0.6) is 0 Å². The van der Waals surface area contributed by atoms with Crippen molar-refractivity contribution < 1.29 is 0 Å². The van der Waals surface area contributed by atoms with Crippen LogP contribution in [0.15, 0.2) is 158 Å². The average molecular weight is 981 g/mol. The van der Waals surface area contributed by atoms with Crippen LogP contribution in [-0.2, 0) is 25.7 Å². The van der Waals surface area contributed by atoms with Crippen LogP contribution in [-0.4, -0.2) is 0 Å². The minimum atomic E-state index is 0.407. The quantitative estimate of drug-likeness (QED) is 0.0635. The molecule has 2 aromatic heterocycles. The van der Waals surface area contributed by atoms with E-state index in [4.69, 9.17) is 0 Å². The molecule has 6 aromatic carbocycles. The molecule has 0 saturated heterocycles. The number of hydrogen-bond acceptors (Lipinski definition) is 6. The van der Waals surface area contributed by atoms with E-state index in [9.17, 15) is 10.5 Å². The Hall–Kier alpha value is -6.96. The van der Waals surface area contributed by atoms with Gasteiger partial charge in [0, 0.05) is 64.8 Å². The normalized spacial score (nSPS) is 11.5. The highest BCUT2D eigenvalue weighted by Gasteiger charge is 2.22. The summed E-state index contributed by atoms with van der Waals surface area (Å²) in [5.41, 5.74) is 16.7. The molecule has 0 N–H and O–H groups in total. The van der Waals surface area contributed by atoms with Crippen LogP contribution < -0.4 is 9.80 Å². The number of aryl methyl sites for hydroxylation is 6. The van der Waals surface area contributed by atoms with E-state index in [0.29, 0.717) is 11.1 Å². The first kappa shape index (κ1) is 51.4. The highest BCUT2D eigenvalue weighted by atomic mass is 32.1. The van der Waals surface area contributed by atoms with Gasteiger partial charge in [-0.15, -0.1) is 22.7 Å². The van der Waals surface area contributed by atoms with Crippen molar-refractivity contribution in [2.75, 3.05) is 9.80 Å². The molecule has 0 aliphatic carbocycles. The number of anilines is 6. The predicted octanol–water partition coefficient (Wildman–Crippen LogP) is 20.0. The van der Waals surface area contributed by atoms with Gasteiger partial charge < -0.3 is 9.80 Å². The van der Waals surface area contributed by atoms with Gasteiger partial charge in [-0.2, -0.15) is 10.5 Å². The van der Waals surface area contributed by atoms with E-state index in [1.807, 2.05) is 0 Å². The fourth-order valence-corrected chi connectivity index (χ4v) is 11.5. The first-order valence-corrected chi connectivity index (χ1v) is 27.8. The molecule has 8 rings (SSSR count). The summed E-state index contributed by atoms with van der Waals surface area (Å²) in [6.45, 7) is 13.1. The maximum absolute atomic E-state index is 10.8. The van der Waals surface area contributed by atoms with Crippen LogP contribution >= 0.6 is 22.7 Å². The number of benzene rings is 6. The standard InChI is InChI=1S/C66H68N4S2/c1-7-11-15-49-19-31-55(32-20-49)69(56-33-21-50(22-34-56)16-12-8-2)59-39-27-53(28-40-59)65-43-61(47(5)71-65)63(45-67)64(46-68)62-44-66(72-48(62)6)54-29-41-60(42-30-54)70(57-35-23-51(24-36-57)17-13-9-3)58-37-25-52(26-38-58)18-14-10-4/h19-44H,7-18H2,1-6H3/b64-63+. The van der Waals surface area contributed by atoms with Gasteiger partial charge in [0.15, 0.2) is 0 Å². The van der Waals surface area contributed by atoms with E-state index in [0.717, 1.165) is 102 Å².